The number of rotatable bonds is 4. The maximum absolute atomic E-state index is 13.2. The highest BCUT2D eigenvalue weighted by atomic mass is 19.4. The summed E-state index contributed by atoms with van der Waals surface area (Å²) in [4.78, 5) is 26.3. The summed E-state index contributed by atoms with van der Waals surface area (Å²) in [7, 11) is 0. The van der Waals surface area contributed by atoms with Crippen LogP contribution in [-0.4, -0.2) is 72.4 Å². The van der Waals surface area contributed by atoms with Crippen LogP contribution in [-0.2, 0) is 26.3 Å². The number of carbonyl (C=O) groups excluding carboxylic acids is 1. The molecule has 2 fully saturated rings. The lowest BCUT2D eigenvalue weighted by Gasteiger charge is -2.40. The number of fused-ring (bicyclic) bond motifs is 2. The van der Waals surface area contributed by atoms with Gasteiger partial charge in [0.2, 0.25) is 5.91 Å². The van der Waals surface area contributed by atoms with Crippen molar-refractivity contribution in [1.29, 1.82) is 0 Å². The number of morpholine rings is 1. The van der Waals surface area contributed by atoms with Crippen molar-refractivity contribution >= 4 is 11.9 Å². The molecule has 1 amide bonds. The SMILES string of the molecule is O=C(CC1CC2(CCN(Cc3ccc(F)cc3)CC2)c2ccccc21)N1CCOCC1.O=C(O)C(F)(F)F. The normalized spacial score (nSPS) is 20.9. The lowest BCUT2D eigenvalue weighted by Crippen LogP contribution is -2.42. The van der Waals surface area contributed by atoms with Gasteiger partial charge in [0.05, 0.1) is 13.2 Å². The maximum atomic E-state index is 13.2. The topological polar surface area (TPSA) is 70.1 Å². The van der Waals surface area contributed by atoms with Crippen LogP contribution in [0.25, 0.3) is 0 Å². The van der Waals surface area contributed by atoms with Gasteiger partial charge in [0, 0.05) is 26.1 Å². The van der Waals surface area contributed by atoms with Crippen molar-refractivity contribution in [2.24, 2.45) is 0 Å². The van der Waals surface area contributed by atoms with E-state index < -0.39 is 12.1 Å². The molecule has 1 aliphatic carbocycles. The molecule has 10 heteroatoms. The van der Waals surface area contributed by atoms with Gasteiger partial charge in [-0.1, -0.05) is 36.4 Å². The first-order chi connectivity index (χ1) is 18.1. The van der Waals surface area contributed by atoms with Gasteiger partial charge in [-0.15, -0.1) is 0 Å². The van der Waals surface area contributed by atoms with Crippen LogP contribution < -0.4 is 0 Å². The van der Waals surface area contributed by atoms with Gasteiger partial charge in [0.25, 0.3) is 0 Å². The summed E-state index contributed by atoms with van der Waals surface area (Å²) in [5.74, 6) is -2.35. The Morgan fingerprint density at radius 3 is 2.18 bits per heavy atom. The Hall–Kier alpha value is -2.98. The fourth-order valence-electron chi connectivity index (χ4n) is 5.82. The smallest absolute Gasteiger partial charge is 0.475 e. The predicted molar refractivity (Wildman–Crippen MR) is 132 cm³/mol. The van der Waals surface area contributed by atoms with Gasteiger partial charge < -0.3 is 14.7 Å². The minimum Gasteiger partial charge on any atom is -0.475 e. The molecule has 1 unspecified atom stereocenters. The van der Waals surface area contributed by atoms with Crippen molar-refractivity contribution in [3.63, 3.8) is 0 Å². The highest BCUT2D eigenvalue weighted by Crippen LogP contribution is 2.52. The summed E-state index contributed by atoms with van der Waals surface area (Å²) in [5.41, 5.74) is 4.21. The van der Waals surface area contributed by atoms with Gasteiger partial charge in [0.15, 0.2) is 0 Å². The quantitative estimate of drug-likeness (QED) is 0.573. The second-order valence-corrected chi connectivity index (χ2v) is 10.2. The second kappa shape index (κ2) is 11.8. The third-order valence-corrected chi connectivity index (χ3v) is 7.77. The Bertz CT molecular complexity index is 1110. The van der Waals surface area contributed by atoms with Crippen LogP contribution in [0.5, 0.6) is 0 Å². The number of carboxylic acids is 1. The van der Waals surface area contributed by atoms with Gasteiger partial charge in [-0.3, -0.25) is 9.69 Å². The number of hydrogen-bond donors (Lipinski definition) is 1. The third-order valence-electron chi connectivity index (χ3n) is 7.77. The van der Waals surface area contributed by atoms with Gasteiger partial charge >= 0.3 is 12.1 Å². The van der Waals surface area contributed by atoms with Gasteiger partial charge in [-0.05, 0) is 72.5 Å². The number of halogens is 4. The maximum Gasteiger partial charge on any atom is 0.490 e. The van der Waals surface area contributed by atoms with Crippen molar-refractivity contribution in [1.82, 2.24) is 9.80 Å². The zero-order valence-electron chi connectivity index (χ0n) is 21.1. The van der Waals surface area contributed by atoms with E-state index in [-0.39, 0.29) is 17.1 Å². The number of piperidine rings is 1. The Balaban J connectivity index is 0.000000426. The highest BCUT2D eigenvalue weighted by Gasteiger charge is 2.45. The molecule has 206 valence electrons. The summed E-state index contributed by atoms with van der Waals surface area (Å²) in [5, 5.41) is 7.12. The van der Waals surface area contributed by atoms with Crippen LogP contribution in [0.4, 0.5) is 17.6 Å². The van der Waals surface area contributed by atoms with E-state index in [0.29, 0.717) is 25.6 Å². The van der Waals surface area contributed by atoms with Gasteiger partial charge in [-0.25, -0.2) is 9.18 Å². The van der Waals surface area contributed by atoms with Crippen molar-refractivity contribution in [3.8, 4) is 0 Å². The second-order valence-electron chi connectivity index (χ2n) is 10.2. The minimum atomic E-state index is -5.08. The molecule has 2 aromatic carbocycles. The molecule has 0 aromatic heterocycles. The van der Waals surface area contributed by atoms with Crippen LogP contribution in [0.1, 0.15) is 48.3 Å². The molecule has 2 heterocycles. The first-order valence-corrected chi connectivity index (χ1v) is 12.8. The zero-order valence-corrected chi connectivity index (χ0v) is 21.1. The summed E-state index contributed by atoms with van der Waals surface area (Å²) < 4.78 is 50.3. The summed E-state index contributed by atoms with van der Waals surface area (Å²) >= 11 is 0. The molecule has 38 heavy (non-hydrogen) atoms. The van der Waals surface area contributed by atoms with E-state index in [0.717, 1.165) is 57.5 Å². The molecular formula is C28H32F4N2O4. The molecule has 1 atom stereocenters. The molecule has 0 bridgehead atoms. The number of benzene rings is 2. The lowest BCUT2D eigenvalue weighted by molar-refractivity contribution is -0.192. The fraction of sp³-hybridized carbons (Fsp3) is 0.500. The minimum absolute atomic E-state index is 0.179. The summed E-state index contributed by atoms with van der Waals surface area (Å²) in [6, 6.07) is 15.7. The monoisotopic (exact) mass is 536 g/mol. The molecule has 2 aromatic rings. The number of ether oxygens (including phenoxy) is 1. The van der Waals surface area contributed by atoms with Crippen LogP contribution in [0, 0.1) is 5.82 Å². The van der Waals surface area contributed by atoms with E-state index >= 15 is 0 Å². The summed E-state index contributed by atoms with van der Waals surface area (Å²) in [6.45, 7) is 5.69. The molecule has 2 aliphatic heterocycles. The third kappa shape index (κ3) is 6.71. The number of carbonyl (C=O) groups is 2. The molecular weight excluding hydrogens is 504 g/mol. The Morgan fingerprint density at radius 2 is 1.58 bits per heavy atom. The standard InChI is InChI=1S/C26H31FN2O2.C2HF3O2/c27-22-7-5-20(6-8-22)19-28-11-9-26(10-12-28)18-21(23-3-1-2-4-24(23)26)17-25(30)29-13-15-31-16-14-29;3-2(4,5)1(6)7/h1-8,21H,9-19H2;(H,6,7). The first-order valence-electron chi connectivity index (χ1n) is 12.8. The molecule has 0 radical (unpaired) electrons. The van der Waals surface area contributed by atoms with E-state index in [2.05, 4.69) is 29.2 Å². The highest BCUT2D eigenvalue weighted by molar-refractivity contribution is 5.77. The molecule has 6 nitrogen and oxygen atoms in total. The Kier molecular flexibility index (Phi) is 8.72. The Labute approximate surface area is 219 Å². The van der Waals surface area contributed by atoms with Crippen LogP contribution in [0.3, 0.4) is 0 Å². The largest absolute Gasteiger partial charge is 0.490 e. The van der Waals surface area contributed by atoms with Crippen molar-refractivity contribution < 1.29 is 37.0 Å². The molecule has 1 spiro atoms. The van der Waals surface area contributed by atoms with Crippen LogP contribution >= 0.6 is 0 Å². The number of alkyl halides is 3. The average Bonchev–Trinajstić information content (AvgIpc) is 3.20. The number of aliphatic carboxylic acids is 1. The first kappa shape index (κ1) is 28.0. The predicted octanol–water partition coefficient (Wildman–Crippen LogP) is 4.73. The van der Waals surface area contributed by atoms with E-state index in [1.54, 1.807) is 12.1 Å². The van der Waals surface area contributed by atoms with E-state index in [9.17, 15) is 22.4 Å². The van der Waals surface area contributed by atoms with Crippen molar-refractivity contribution in [3.05, 3.63) is 71.0 Å². The van der Waals surface area contributed by atoms with Crippen LogP contribution in [0.15, 0.2) is 48.5 Å². The van der Waals surface area contributed by atoms with E-state index in [4.69, 9.17) is 14.6 Å². The fourth-order valence-corrected chi connectivity index (χ4v) is 5.82. The number of amides is 1. The molecule has 1 N–H and O–H groups in total. The van der Waals surface area contributed by atoms with Crippen LogP contribution in [0.2, 0.25) is 0 Å². The zero-order chi connectivity index (χ0) is 27.3. The van der Waals surface area contributed by atoms with Gasteiger partial charge in [0.1, 0.15) is 5.82 Å². The summed E-state index contributed by atoms with van der Waals surface area (Å²) in [6.07, 6.45) is -1.16. The number of hydrogen-bond acceptors (Lipinski definition) is 4. The molecule has 3 aliphatic rings. The number of likely N-dealkylation sites (tertiary alicyclic amines) is 1. The van der Waals surface area contributed by atoms with E-state index in [1.165, 1.54) is 11.1 Å². The molecule has 0 saturated carbocycles. The molecule has 2 saturated heterocycles. The number of nitrogens with zero attached hydrogens (tertiary/aromatic N) is 2. The van der Waals surface area contributed by atoms with Crippen molar-refractivity contribution in [2.75, 3.05) is 39.4 Å². The molecule has 5 rings (SSSR count). The lowest BCUT2D eigenvalue weighted by atomic mass is 9.73. The number of carboxylic acid groups (broad SMARTS) is 1. The van der Waals surface area contributed by atoms with Gasteiger partial charge in [-0.2, -0.15) is 13.2 Å². The average molecular weight is 537 g/mol. The van der Waals surface area contributed by atoms with E-state index in [1.807, 2.05) is 17.0 Å². The Morgan fingerprint density at radius 1 is 0.974 bits per heavy atom. The van der Waals surface area contributed by atoms with Crippen molar-refractivity contribution in [2.45, 2.75) is 49.7 Å².